The second kappa shape index (κ2) is 6.22. The van der Waals surface area contributed by atoms with Gasteiger partial charge in [0.1, 0.15) is 0 Å². The molecule has 1 rings (SSSR count). The van der Waals surface area contributed by atoms with Gasteiger partial charge in [-0.2, -0.15) is 0 Å². The van der Waals surface area contributed by atoms with Crippen LogP contribution in [0.15, 0.2) is 18.2 Å². The lowest BCUT2D eigenvalue weighted by molar-refractivity contribution is 0.137. The van der Waals surface area contributed by atoms with Crippen LogP contribution in [-0.2, 0) is 6.42 Å². The normalized spacial score (nSPS) is 14.0. The molecule has 0 amide bonds. The van der Waals surface area contributed by atoms with E-state index in [9.17, 15) is 0 Å². The van der Waals surface area contributed by atoms with E-state index in [4.69, 9.17) is 29.0 Å². The molecular formula is C13H21Cl2N3. The topological polar surface area (TPSA) is 41.3 Å². The third kappa shape index (κ3) is 3.59. The number of nitrogens with one attached hydrogen (secondary N) is 1. The molecule has 0 aliphatic heterocycles. The zero-order valence-electron chi connectivity index (χ0n) is 11.3. The molecule has 0 saturated carbocycles. The number of halogens is 2. The Morgan fingerprint density at radius 1 is 1.33 bits per heavy atom. The zero-order valence-corrected chi connectivity index (χ0v) is 12.8. The van der Waals surface area contributed by atoms with Gasteiger partial charge in [0.05, 0.1) is 0 Å². The molecule has 0 aliphatic carbocycles. The molecule has 3 nitrogen and oxygen atoms in total. The SMILES string of the molecule is CN(C)C(C)(C)C(Cc1cc(Cl)ccc1Cl)NN. The van der Waals surface area contributed by atoms with E-state index in [0.29, 0.717) is 10.0 Å². The predicted octanol–water partition coefficient (Wildman–Crippen LogP) is 2.71. The van der Waals surface area contributed by atoms with Crippen molar-refractivity contribution < 1.29 is 0 Å². The first-order valence-corrected chi connectivity index (χ1v) is 6.62. The van der Waals surface area contributed by atoms with Gasteiger partial charge in [-0.15, -0.1) is 0 Å². The highest BCUT2D eigenvalue weighted by Gasteiger charge is 2.31. The number of hydrogen-bond donors (Lipinski definition) is 2. The maximum absolute atomic E-state index is 6.19. The molecule has 1 aromatic rings. The number of nitrogens with two attached hydrogens (primary N) is 1. The molecule has 0 heterocycles. The van der Waals surface area contributed by atoms with Gasteiger partial charge in [0.15, 0.2) is 0 Å². The lowest BCUT2D eigenvalue weighted by atomic mass is 9.88. The molecule has 3 N–H and O–H groups in total. The molecule has 0 saturated heterocycles. The molecule has 0 aliphatic rings. The van der Waals surface area contributed by atoms with Gasteiger partial charge >= 0.3 is 0 Å². The first-order chi connectivity index (χ1) is 8.28. The maximum Gasteiger partial charge on any atom is 0.0439 e. The van der Waals surface area contributed by atoms with E-state index in [1.54, 1.807) is 6.07 Å². The highest BCUT2D eigenvalue weighted by atomic mass is 35.5. The lowest BCUT2D eigenvalue weighted by Gasteiger charge is -2.40. The Kier molecular flexibility index (Phi) is 5.44. The molecular weight excluding hydrogens is 269 g/mol. The summed E-state index contributed by atoms with van der Waals surface area (Å²) in [7, 11) is 4.06. The predicted molar refractivity (Wildman–Crippen MR) is 79.0 cm³/mol. The van der Waals surface area contributed by atoms with Crippen molar-refractivity contribution in [2.75, 3.05) is 14.1 Å². The number of hydrogen-bond acceptors (Lipinski definition) is 3. The molecule has 18 heavy (non-hydrogen) atoms. The van der Waals surface area contributed by atoms with Gasteiger partial charge in [0.2, 0.25) is 0 Å². The Hall–Kier alpha value is -0.320. The molecule has 0 spiro atoms. The minimum atomic E-state index is -0.0968. The number of benzene rings is 1. The van der Waals surface area contributed by atoms with Crippen LogP contribution in [0.3, 0.4) is 0 Å². The van der Waals surface area contributed by atoms with Gasteiger partial charge < -0.3 is 4.90 Å². The van der Waals surface area contributed by atoms with Gasteiger partial charge in [-0.25, -0.2) is 0 Å². The molecule has 0 bridgehead atoms. The Balaban J connectivity index is 2.96. The summed E-state index contributed by atoms with van der Waals surface area (Å²) >= 11 is 12.2. The first-order valence-electron chi connectivity index (χ1n) is 5.86. The van der Waals surface area contributed by atoms with Crippen LogP contribution in [-0.4, -0.2) is 30.6 Å². The monoisotopic (exact) mass is 289 g/mol. The van der Waals surface area contributed by atoms with Crippen LogP contribution in [0.1, 0.15) is 19.4 Å². The zero-order chi connectivity index (χ0) is 13.9. The minimum absolute atomic E-state index is 0.0727. The van der Waals surface area contributed by atoms with Gasteiger partial charge in [-0.05, 0) is 58.1 Å². The van der Waals surface area contributed by atoms with Crippen molar-refractivity contribution in [1.29, 1.82) is 0 Å². The fraction of sp³-hybridized carbons (Fsp3) is 0.538. The summed E-state index contributed by atoms with van der Waals surface area (Å²) in [5.41, 5.74) is 3.78. The Morgan fingerprint density at radius 2 is 1.94 bits per heavy atom. The fourth-order valence-electron chi connectivity index (χ4n) is 1.74. The van der Waals surface area contributed by atoms with Crippen LogP contribution in [0.5, 0.6) is 0 Å². The van der Waals surface area contributed by atoms with Gasteiger partial charge in [0.25, 0.3) is 0 Å². The van der Waals surface area contributed by atoms with Crippen molar-refractivity contribution in [3.63, 3.8) is 0 Å². The van der Waals surface area contributed by atoms with Crippen molar-refractivity contribution in [1.82, 2.24) is 10.3 Å². The van der Waals surface area contributed by atoms with Crippen molar-refractivity contribution in [3.05, 3.63) is 33.8 Å². The average molecular weight is 290 g/mol. The third-order valence-corrected chi connectivity index (χ3v) is 4.24. The van der Waals surface area contributed by atoms with Crippen LogP contribution < -0.4 is 11.3 Å². The number of likely N-dealkylation sites (N-methyl/N-ethyl adjacent to an activating group) is 1. The molecule has 0 radical (unpaired) electrons. The van der Waals surface area contributed by atoms with E-state index in [2.05, 4.69) is 24.2 Å². The first kappa shape index (κ1) is 15.7. The lowest BCUT2D eigenvalue weighted by Crippen LogP contribution is -2.58. The molecule has 0 aromatic heterocycles. The van der Waals surface area contributed by atoms with Gasteiger partial charge in [-0.3, -0.25) is 11.3 Å². The summed E-state index contributed by atoms with van der Waals surface area (Å²) in [6.45, 7) is 4.27. The van der Waals surface area contributed by atoms with E-state index in [1.165, 1.54) is 0 Å². The average Bonchev–Trinajstić information content (AvgIpc) is 2.29. The Labute approximate surface area is 119 Å². The molecule has 0 fully saturated rings. The fourth-order valence-corrected chi connectivity index (χ4v) is 2.13. The van der Waals surface area contributed by atoms with Gasteiger partial charge in [-0.1, -0.05) is 23.2 Å². The van der Waals surface area contributed by atoms with E-state index >= 15 is 0 Å². The standard InChI is InChI=1S/C13H21Cl2N3/c1-13(2,18(3)4)12(17-16)8-9-7-10(14)5-6-11(9)15/h5-7,12,17H,8,16H2,1-4H3. The van der Waals surface area contributed by atoms with Crippen LogP contribution in [0.4, 0.5) is 0 Å². The molecule has 1 unspecified atom stereocenters. The second-order valence-corrected chi connectivity index (χ2v) is 6.05. The highest BCUT2D eigenvalue weighted by Crippen LogP contribution is 2.25. The maximum atomic E-state index is 6.19. The summed E-state index contributed by atoms with van der Waals surface area (Å²) in [6, 6.07) is 5.56. The van der Waals surface area contributed by atoms with E-state index in [1.807, 2.05) is 26.2 Å². The van der Waals surface area contributed by atoms with E-state index in [0.717, 1.165) is 12.0 Å². The number of rotatable bonds is 5. The Bertz CT molecular complexity index is 405. The van der Waals surface area contributed by atoms with Crippen molar-refractivity contribution in [2.45, 2.75) is 31.8 Å². The van der Waals surface area contributed by atoms with Crippen molar-refractivity contribution in [3.8, 4) is 0 Å². The van der Waals surface area contributed by atoms with Crippen molar-refractivity contribution >= 4 is 23.2 Å². The molecule has 102 valence electrons. The summed E-state index contributed by atoms with van der Waals surface area (Å²) in [5.74, 6) is 5.68. The van der Waals surface area contributed by atoms with E-state index in [-0.39, 0.29) is 11.6 Å². The van der Waals surface area contributed by atoms with E-state index < -0.39 is 0 Å². The highest BCUT2D eigenvalue weighted by molar-refractivity contribution is 6.33. The summed E-state index contributed by atoms with van der Waals surface area (Å²) in [4.78, 5) is 2.13. The number of nitrogens with zero attached hydrogens (tertiary/aromatic N) is 1. The molecule has 5 heteroatoms. The molecule has 1 aromatic carbocycles. The third-order valence-electron chi connectivity index (χ3n) is 3.64. The van der Waals surface area contributed by atoms with Crippen LogP contribution >= 0.6 is 23.2 Å². The quantitative estimate of drug-likeness (QED) is 0.647. The second-order valence-electron chi connectivity index (χ2n) is 5.21. The van der Waals surface area contributed by atoms with Gasteiger partial charge in [0, 0.05) is 21.6 Å². The summed E-state index contributed by atoms with van der Waals surface area (Å²) < 4.78 is 0. The van der Waals surface area contributed by atoms with Crippen LogP contribution in [0.25, 0.3) is 0 Å². The summed E-state index contributed by atoms with van der Waals surface area (Å²) in [6.07, 6.45) is 0.723. The minimum Gasteiger partial charge on any atom is -0.303 e. The summed E-state index contributed by atoms with van der Waals surface area (Å²) in [5, 5.41) is 1.40. The van der Waals surface area contributed by atoms with Crippen LogP contribution in [0, 0.1) is 0 Å². The van der Waals surface area contributed by atoms with Crippen molar-refractivity contribution in [2.24, 2.45) is 5.84 Å². The molecule has 1 atom stereocenters. The van der Waals surface area contributed by atoms with Crippen LogP contribution in [0.2, 0.25) is 10.0 Å². The largest absolute Gasteiger partial charge is 0.303 e. The number of hydrazine groups is 1. The smallest absolute Gasteiger partial charge is 0.0439 e. The Morgan fingerprint density at radius 3 is 2.44 bits per heavy atom.